The molecule has 1 N–H and O–H groups in total. The molecule has 1 aromatic rings. The minimum Gasteiger partial charge on any atom is -0.467 e. The molecular weight excluding hydrogens is 442 g/mol. The summed E-state index contributed by atoms with van der Waals surface area (Å²) in [7, 11) is -2.98. The van der Waals surface area contributed by atoms with Crippen LogP contribution in [0.15, 0.2) is 22.8 Å². The third-order valence-corrected chi connectivity index (χ3v) is 9.81. The Hall–Kier alpha value is -2.03. The summed E-state index contributed by atoms with van der Waals surface area (Å²) in [6.45, 7) is 4.49. The van der Waals surface area contributed by atoms with Crippen LogP contribution in [0.5, 0.6) is 0 Å². The van der Waals surface area contributed by atoms with Crippen LogP contribution in [0.2, 0.25) is 0 Å². The minimum absolute atomic E-state index is 0.0203. The number of piperazine rings is 1. The second kappa shape index (κ2) is 9.68. The quantitative estimate of drug-likeness (QED) is 0.715. The maximum atomic E-state index is 13.2. The summed E-state index contributed by atoms with van der Waals surface area (Å²) in [6, 6.07) is 3.51. The number of sulfone groups is 1. The molecule has 4 rings (SSSR count). The highest BCUT2D eigenvalue weighted by molar-refractivity contribution is 7.91. The molecule has 0 aromatic carbocycles. The number of hydrogen-bond donors (Lipinski definition) is 1. The van der Waals surface area contributed by atoms with E-state index < -0.39 is 9.84 Å². The van der Waals surface area contributed by atoms with Crippen LogP contribution in [0.3, 0.4) is 0 Å². The molecule has 184 valence electrons. The number of hydrogen-bond acceptors (Lipinski definition) is 5. The minimum atomic E-state index is -2.98. The van der Waals surface area contributed by atoms with Crippen LogP contribution in [0, 0.1) is 11.8 Å². The Morgan fingerprint density at radius 3 is 2.39 bits per heavy atom. The fraction of sp³-hybridized carbons (Fsp3) is 0.750. The van der Waals surface area contributed by atoms with E-state index in [2.05, 4.69) is 5.32 Å². The molecule has 0 bridgehead atoms. The molecule has 0 spiro atoms. The van der Waals surface area contributed by atoms with Gasteiger partial charge in [-0.3, -0.25) is 4.79 Å². The first-order valence-electron chi connectivity index (χ1n) is 12.2. The van der Waals surface area contributed by atoms with Crippen molar-refractivity contribution in [1.82, 2.24) is 15.1 Å². The number of urea groups is 1. The van der Waals surface area contributed by atoms with E-state index in [-0.39, 0.29) is 35.3 Å². The molecule has 1 aromatic heterocycles. The number of furan rings is 1. The molecule has 4 atom stereocenters. The van der Waals surface area contributed by atoms with Crippen LogP contribution < -0.4 is 5.32 Å². The Morgan fingerprint density at radius 1 is 1.09 bits per heavy atom. The molecule has 3 unspecified atom stereocenters. The normalized spacial score (nSPS) is 32.8. The molecule has 2 aliphatic carbocycles. The molecule has 0 radical (unpaired) electrons. The number of carbonyl (C=O) groups is 2. The molecule has 8 nitrogen and oxygen atoms in total. The van der Waals surface area contributed by atoms with Crippen LogP contribution in [0.25, 0.3) is 0 Å². The first kappa shape index (κ1) is 24.1. The number of amides is 3. The van der Waals surface area contributed by atoms with Gasteiger partial charge in [0.25, 0.3) is 0 Å². The highest BCUT2D eigenvalue weighted by Crippen LogP contribution is 2.43. The van der Waals surface area contributed by atoms with E-state index in [9.17, 15) is 18.0 Å². The predicted octanol–water partition coefficient (Wildman–Crippen LogP) is 3.18. The van der Waals surface area contributed by atoms with Crippen LogP contribution in [0.4, 0.5) is 4.79 Å². The Kier molecular flexibility index (Phi) is 7.07. The Balaban J connectivity index is 1.46. The summed E-state index contributed by atoms with van der Waals surface area (Å²) in [4.78, 5) is 29.6. The topological polar surface area (TPSA) is 99.9 Å². The number of nitrogens with zero attached hydrogens (tertiary/aromatic N) is 2. The lowest BCUT2D eigenvalue weighted by Gasteiger charge is -2.54. The summed E-state index contributed by atoms with van der Waals surface area (Å²) in [5, 5.41) is 2.78. The maximum Gasteiger partial charge on any atom is 0.318 e. The van der Waals surface area contributed by atoms with Crippen molar-refractivity contribution < 1.29 is 22.4 Å². The Bertz CT molecular complexity index is 939. The van der Waals surface area contributed by atoms with Gasteiger partial charge in [-0.1, -0.05) is 0 Å². The van der Waals surface area contributed by atoms with E-state index in [1.807, 2.05) is 22.8 Å². The van der Waals surface area contributed by atoms with E-state index in [1.165, 1.54) is 6.26 Å². The van der Waals surface area contributed by atoms with E-state index in [0.717, 1.165) is 44.9 Å². The van der Waals surface area contributed by atoms with E-state index >= 15 is 0 Å². The zero-order valence-electron chi connectivity index (χ0n) is 19.9. The van der Waals surface area contributed by atoms with Gasteiger partial charge in [0.2, 0.25) is 5.91 Å². The average Bonchev–Trinajstić information content (AvgIpc) is 3.29. The van der Waals surface area contributed by atoms with Crippen molar-refractivity contribution in [3.63, 3.8) is 0 Å². The lowest BCUT2D eigenvalue weighted by Crippen LogP contribution is -2.68. The lowest BCUT2D eigenvalue weighted by molar-refractivity contribution is -0.141. The molecular formula is C24H37N3O5S. The monoisotopic (exact) mass is 479 g/mol. The number of carbonyl (C=O) groups excluding carboxylic acids is 2. The lowest BCUT2D eigenvalue weighted by atomic mass is 9.69. The molecule has 1 aliphatic heterocycles. The third kappa shape index (κ3) is 5.23. The van der Waals surface area contributed by atoms with Crippen molar-refractivity contribution in [1.29, 1.82) is 0 Å². The van der Waals surface area contributed by atoms with Crippen molar-refractivity contribution in [3.8, 4) is 0 Å². The first-order chi connectivity index (χ1) is 15.6. The van der Waals surface area contributed by atoms with Crippen molar-refractivity contribution >= 4 is 21.8 Å². The average molecular weight is 480 g/mol. The predicted molar refractivity (Wildman–Crippen MR) is 125 cm³/mol. The van der Waals surface area contributed by atoms with Gasteiger partial charge in [0.05, 0.1) is 30.1 Å². The smallest absolute Gasteiger partial charge is 0.318 e. The molecule has 3 fully saturated rings. The molecule has 3 aliphatic rings. The van der Waals surface area contributed by atoms with Gasteiger partial charge in [-0.2, -0.15) is 0 Å². The summed E-state index contributed by atoms with van der Waals surface area (Å²) in [6.07, 6.45) is 9.03. The van der Waals surface area contributed by atoms with Crippen LogP contribution >= 0.6 is 0 Å². The van der Waals surface area contributed by atoms with E-state index in [1.54, 1.807) is 19.3 Å². The third-order valence-electron chi connectivity index (χ3n) is 8.12. The van der Waals surface area contributed by atoms with Gasteiger partial charge in [0.15, 0.2) is 0 Å². The summed E-state index contributed by atoms with van der Waals surface area (Å²) in [5.74, 6) is 1.72. The number of fused-ring (bicyclic) bond motifs is 1. The molecule has 1 saturated heterocycles. The van der Waals surface area contributed by atoms with Crippen LogP contribution in [-0.2, 0) is 21.2 Å². The molecule has 33 heavy (non-hydrogen) atoms. The summed E-state index contributed by atoms with van der Waals surface area (Å²) in [5.41, 5.74) is 0. The van der Waals surface area contributed by atoms with E-state index in [4.69, 9.17) is 4.42 Å². The number of rotatable bonds is 4. The molecule has 3 amide bonds. The second-order valence-electron chi connectivity index (χ2n) is 10.2. The van der Waals surface area contributed by atoms with Crippen molar-refractivity contribution in [3.05, 3.63) is 24.2 Å². The van der Waals surface area contributed by atoms with Crippen molar-refractivity contribution in [2.24, 2.45) is 11.8 Å². The van der Waals surface area contributed by atoms with Crippen LogP contribution in [0.1, 0.15) is 64.6 Å². The fourth-order valence-corrected chi connectivity index (χ4v) is 7.66. The summed E-state index contributed by atoms with van der Waals surface area (Å²) >= 11 is 0. The standard InChI is InChI=1S/C24H37N3O5S/c1-16-15-26(24(29)25-14-20-5-4-12-32-20)23-13-19(8-11-22(23)27(16)17(2)28)18-6-9-21(10-7-18)33(3,30)31/h4-5,12,16,18-19,21-23H,6-11,13-15H2,1-3H3,(H,25,29)/t16-,18?,19?,21?,22?,23?/m0/s1. The van der Waals surface area contributed by atoms with E-state index in [0.29, 0.717) is 30.7 Å². The number of nitrogens with one attached hydrogen (secondary N) is 1. The van der Waals surface area contributed by atoms with Gasteiger partial charge in [0, 0.05) is 25.8 Å². The molecule has 2 heterocycles. The zero-order valence-corrected chi connectivity index (χ0v) is 20.7. The second-order valence-corrected chi connectivity index (χ2v) is 12.6. The highest BCUT2D eigenvalue weighted by Gasteiger charge is 2.47. The van der Waals surface area contributed by atoms with Crippen molar-refractivity contribution in [2.75, 3.05) is 12.8 Å². The van der Waals surface area contributed by atoms with Gasteiger partial charge in [0.1, 0.15) is 15.6 Å². The summed E-state index contributed by atoms with van der Waals surface area (Å²) < 4.78 is 29.3. The molecule has 2 saturated carbocycles. The van der Waals surface area contributed by atoms with Gasteiger partial charge >= 0.3 is 6.03 Å². The first-order valence-corrected chi connectivity index (χ1v) is 14.1. The maximum absolute atomic E-state index is 13.2. The highest BCUT2D eigenvalue weighted by atomic mass is 32.2. The van der Waals surface area contributed by atoms with Crippen LogP contribution in [-0.4, -0.2) is 66.3 Å². The van der Waals surface area contributed by atoms with Gasteiger partial charge in [-0.15, -0.1) is 0 Å². The fourth-order valence-electron chi connectivity index (χ4n) is 6.53. The van der Waals surface area contributed by atoms with Gasteiger partial charge < -0.3 is 19.5 Å². The SMILES string of the molecule is CC(=O)N1C2CCC(C3CCC(S(C)(=O)=O)CC3)CC2N(C(=O)NCc2ccco2)C[C@@H]1C. The Morgan fingerprint density at radius 2 is 1.79 bits per heavy atom. The zero-order chi connectivity index (χ0) is 23.8. The van der Waals surface area contributed by atoms with Crippen molar-refractivity contribution in [2.45, 2.75) is 88.7 Å². The van der Waals surface area contributed by atoms with Gasteiger partial charge in [-0.05, 0) is 75.8 Å². The van der Waals surface area contributed by atoms with Gasteiger partial charge in [-0.25, -0.2) is 13.2 Å². The molecule has 9 heteroatoms. The largest absolute Gasteiger partial charge is 0.467 e. The Labute approximate surface area is 197 Å².